The van der Waals surface area contributed by atoms with Crippen LogP contribution in [0.1, 0.15) is 65.3 Å². The third-order valence-electron chi connectivity index (χ3n) is 5.02. The second kappa shape index (κ2) is 7.77. The Balaban J connectivity index is 1.72. The number of benzene rings is 1. The Hall–Kier alpha value is -2.56. The van der Waals surface area contributed by atoms with Gasteiger partial charge in [-0.3, -0.25) is 9.59 Å². The lowest BCUT2D eigenvalue weighted by Gasteiger charge is -2.33. The van der Waals surface area contributed by atoms with Gasteiger partial charge in [-0.25, -0.2) is 0 Å². The van der Waals surface area contributed by atoms with Crippen LogP contribution in [0.3, 0.4) is 0 Å². The van der Waals surface area contributed by atoms with Gasteiger partial charge >= 0.3 is 0 Å². The van der Waals surface area contributed by atoms with E-state index in [2.05, 4.69) is 12.2 Å². The van der Waals surface area contributed by atoms with Gasteiger partial charge < -0.3 is 14.6 Å². The van der Waals surface area contributed by atoms with E-state index in [1.54, 1.807) is 18.2 Å². The molecule has 0 aliphatic carbocycles. The standard InChI is InChI=1S/C21H26N2O3/c1-4-17-9-11-19(26-17)20(24)22-18-10-8-16(13-14(18)2)21(25)23-12-6-5-7-15(23)3/h8-11,13,15H,4-7,12H2,1-3H3,(H,22,24). The molecule has 138 valence electrons. The summed E-state index contributed by atoms with van der Waals surface area (Å²) < 4.78 is 5.49. The average Bonchev–Trinajstić information content (AvgIpc) is 3.12. The molecular weight excluding hydrogens is 328 g/mol. The maximum Gasteiger partial charge on any atom is 0.291 e. The number of hydrogen-bond acceptors (Lipinski definition) is 3. The van der Waals surface area contributed by atoms with Crippen LogP contribution in [0.15, 0.2) is 34.7 Å². The van der Waals surface area contributed by atoms with Crippen molar-refractivity contribution in [2.24, 2.45) is 0 Å². The van der Waals surface area contributed by atoms with Crippen LogP contribution < -0.4 is 5.32 Å². The third kappa shape index (κ3) is 3.82. The van der Waals surface area contributed by atoms with E-state index in [9.17, 15) is 9.59 Å². The van der Waals surface area contributed by atoms with Gasteiger partial charge in [0.2, 0.25) is 0 Å². The van der Waals surface area contributed by atoms with Gasteiger partial charge in [0.25, 0.3) is 11.8 Å². The Morgan fingerprint density at radius 1 is 1.23 bits per heavy atom. The number of aryl methyl sites for hydroxylation is 2. The first kappa shape index (κ1) is 18.2. The number of nitrogens with one attached hydrogen (secondary N) is 1. The average molecular weight is 354 g/mol. The molecule has 1 aliphatic rings. The van der Waals surface area contributed by atoms with Gasteiger partial charge in [0.1, 0.15) is 5.76 Å². The number of likely N-dealkylation sites (tertiary alicyclic amines) is 1. The third-order valence-corrected chi connectivity index (χ3v) is 5.02. The molecule has 1 unspecified atom stereocenters. The SMILES string of the molecule is CCc1ccc(C(=O)Nc2ccc(C(=O)N3CCCCC3C)cc2C)o1. The van der Waals surface area contributed by atoms with Crippen LogP contribution in [0.2, 0.25) is 0 Å². The van der Waals surface area contributed by atoms with Gasteiger partial charge in [-0.2, -0.15) is 0 Å². The number of piperidine rings is 1. The molecule has 2 amide bonds. The van der Waals surface area contributed by atoms with E-state index < -0.39 is 0 Å². The number of rotatable bonds is 4. The first-order valence-corrected chi connectivity index (χ1v) is 9.31. The van der Waals surface area contributed by atoms with Crippen molar-refractivity contribution in [3.05, 3.63) is 53.0 Å². The van der Waals surface area contributed by atoms with Crippen molar-refractivity contribution in [3.63, 3.8) is 0 Å². The monoisotopic (exact) mass is 354 g/mol. The molecule has 1 aliphatic heterocycles. The van der Waals surface area contributed by atoms with Crippen LogP contribution in [-0.4, -0.2) is 29.3 Å². The molecule has 1 saturated heterocycles. The van der Waals surface area contributed by atoms with Crippen LogP contribution in [0, 0.1) is 6.92 Å². The molecule has 2 heterocycles. The molecule has 5 heteroatoms. The molecule has 1 aromatic carbocycles. The maximum absolute atomic E-state index is 12.8. The van der Waals surface area contributed by atoms with Crippen LogP contribution in [0.4, 0.5) is 5.69 Å². The van der Waals surface area contributed by atoms with Crippen LogP contribution >= 0.6 is 0 Å². The Labute approximate surface area is 154 Å². The molecule has 1 aromatic heterocycles. The van der Waals surface area contributed by atoms with Crippen molar-refractivity contribution < 1.29 is 14.0 Å². The number of carbonyl (C=O) groups excluding carboxylic acids is 2. The predicted molar refractivity (Wildman–Crippen MR) is 102 cm³/mol. The highest BCUT2D eigenvalue weighted by molar-refractivity contribution is 6.03. The first-order valence-electron chi connectivity index (χ1n) is 9.31. The second-order valence-corrected chi connectivity index (χ2v) is 6.95. The van der Waals surface area contributed by atoms with Crippen LogP contribution in [-0.2, 0) is 6.42 Å². The van der Waals surface area contributed by atoms with Gasteiger partial charge in [-0.05, 0) is 69.0 Å². The summed E-state index contributed by atoms with van der Waals surface area (Å²) in [6.07, 6.45) is 4.05. The first-order chi connectivity index (χ1) is 12.5. The lowest BCUT2D eigenvalue weighted by molar-refractivity contribution is 0.0635. The minimum absolute atomic E-state index is 0.0665. The lowest BCUT2D eigenvalue weighted by Crippen LogP contribution is -2.42. The minimum atomic E-state index is -0.281. The van der Waals surface area contributed by atoms with E-state index in [4.69, 9.17) is 4.42 Å². The second-order valence-electron chi connectivity index (χ2n) is 6.95. The molecule has 0 radical (unpaired) electrons. The highest BCUT2D eigenvalue weighted by Gasteiger charge is 2.24. The Kier molecular flexibility index (Phi) is 5.45. The molecule has 3 rings (SSSR count). The summed E-state index contributed by atoms with van der Waals surface area (Å²) in [5, 5.41) is 2.86. The molecule has 5 nitrogen and oxygen atoms in total. The molecule has 0 spiro atoms. The van der Waals surface area contributed by atoms with E-state index in [1.165, 1.54) is 6.42 Å². The summed E-state index contributed by atoms with van der Waals surface area (Å²) in [5.74, 6) is 0.861. The zero-order valence-corrected chi connectivity index (χ0v) is 15.7. The molecular formula is C21H26N2O3. The fraction of sp³-hybridized carbons (Fsp3) is 0.429. The van der Waals surface area contributed by atoms with Gasteiger partial charge in [0, 0.05) is 30.3 Å². The van der Waals surface area contributed by atoms with Gasteiger partial charge in [0.15, 0.2) is 5.76 Å². The molecule has 0 bridgehead atoms. The smallest absolute Gasteiger partial charge is 0.291 e. The number of hydrogen-bond donors (Lipinski definition) is 1. The predicted octanol–water partition coefficient (Wildman–Crippen LogP) is 4.42. The Morgan fingerprint density at radius 2 is 2.04 bits per heavy atom. The number of furan rings is 1. The van der Waals surface area contributed by atoms with Crippen molar-refractivity contribution in [1.29, 1.82) is 0 Å². The van der Waals surface area contributed by atoms with Gasteiger partial charge in [0.05, 0.1) is 0 Å². The van der Waals surface area contributed by atoms with Crippen molar-refractivity contribution in [2.45, 2.75) is 52.5 Å². The molecule has 26 heavy (non-hydrogen) atoms. The van der Waals surface area contributed by atoms with E-state index in [0.29, 0.717) is 17.0 Å². The molecule has 1 atom stereocenters. The molecule has 1 fully saturated rings. The normalized spacial score (nSPS) is 17.2. The summed E-state index contributed by atoms with van der Waals surface area (Å²) in [4.78, 5) is 27.1. The maximum atomic E-state index is 12.8. The zero-order chi connectivity index (χ0) is 18.7. The number of carbonyl (C=O) groups is 2. The largest absolute Gasteiger partial charge is 0.456 e. The Bertz CT molecular complexity index is 809. The summed E-state index contributed by atoms with van der Waals surface area (Å²) in [6.45, 7) is 6.79. The molecule has 0 saturated carbocycles. The lowest BCUT2D eigenvalue weighted by atomic mass is 10.0. The quantitative estimate of drug-likeness (QED) is 0.884. The van der Waals surface area contributed by atoms with Crippen molar-refractivity contribution in [1.82, 2.24) is 4.90 Å². The topological polar surface area (TPSA) is 62.6 Å². The van der Waals surface area contributed by atoms with E-state index >= 15 is 0 Å². The molecule has 1 N–H and O–H groups in total. The summed E-state index contributed by atoms with van der Waals surface area (Å²) >= 11 is 0. The number of anilines is 1. The summed E-state index contributed by atoms with van der Waals surface area (Å²) in [5.41, 5.74) is 2.21. The number of amides is 2. The zero-order valence-electron chi connectivity index (χ0n) is 15.7. The van der Waals surface area contributed by atoms with E-state index in [-0.39, 0.29) is 17.9 Å². The van der Waals surface area contributed by atoms with Crippen molar-refractivity contribution >= 4 is 17.5 Å². The summed E-state index contributed by atoms with van der Waals surface area (Å²) in [6, 6.07) is 9.19. The number of nitrogens with zero attached hydrogens (tertiary/aromatic N) is 1. The van der Waals surface area contributed by atoms with E-state index in [1.807, 2.05) is 30.9 Å². The van der Waals surface area contributed by atoms with E-state index in [0.717, 1.165) is 37.1 Å². The van der Waals surface area contributed by atoms with Crippen LogP contribution in [0.25, 0.3) is 0 Å². The molecule has 2 aromatic rings. The highest BCUT2D eigenvalue weighted by Crippen LogP contribution is 2.23. The van der Waals surface area contributed by atoms with Crippen LogP contribution in [0.5, 0.6) is 0 Å². The highest BCUT2D eigenvalue weighted by atomic mass is 16.3. The Morgan fingerprint density at radius 3 is 2.69 bits per heavy atom. The van der Waals surface area contributed by atoms with Crippen molar-refractivity contribution in [3.8, 4) is 0 Å². The van der Waals surface area contributed by atoms with Gasteiger partial charge in [-0.1, -0.05) is 6.92 Å². The fourth-order valence-electron chi connectivity index (χ4n) is 3.38. The van der Waals surface area contributed by atoms with Crippen molar-refractivity contribution in [2.75, 3.05) is 11.9 Å². The van der Waals surface area contributed by atoms with Gasteiger partial charge in [-0.15, -0.1) is 0 Å². The minimum Gasteiger partial charge on any atom is -0.456 e. The summed E-state index contributed by atoms with van der Waals surface area (Å²) in [7, 11) is 0. The fourth-order valence-corrected chi connectivity index (χ4v) is 3.38.